The van der Waals surface area contributed by atoms with Crippen molar-refractivity contribution in [1.29, 1.82) is 0 Å². The number of phenolic OH excluding ortho intramolecular Hbond substituents is 1. The summed E-state index contributed by atoms with van der Waals surface area (Å²) in [5.41, 5.74) is 0.445. The van der Waals surface area contributed by atoms with Gasteiger partial charge < -0.3 is 14.6 Å². The average Bonchev–Trinajstić information content (AvgIpc) is 3.24. The Morgan fingerprint density at radius 1 is 0.914 bits per heavy atom. The first kappa shape index (κ1) is 24.8. The molecule has 0 unspecified atom stereocenters. The predicted molar refractivity (Wildman–Crippen MR) is 127 cm³/mol. The van der Waals surface area contributed by atoms with Crippen LogP contribution in [0.1, 0.15) is 23.7 Å². The van der Waals surface area contributed by atoms with Crippen LogP contribution in [0, 0.1) is 0 Å². The van der Waals surface area contributed by atoms with Gasteiger partial charge in [0.2, 0.25) is 0 Å². The van der Waals surface area contributed by atoms with E-state index in [-0.39, 0.29) is 29.4 Å². The lowest BCUT2D eigenvalue weighted by Gasteiger charge is -2.12. The molecule has 0 atom stereocenters. The number of halogens is 5. The summed E-state index contributed by atoms with van der Waals surface area (Å²) >= 11 is 11.9. The topological polar surface area (TPSA) is 67.4 Å². The van der Waals surface area contributed by atoms with Gasteiger partial charge in [0.15, 0.2) is 11.4 Å². The summed E-state index contributed by atoms with van der Waals surface area (Å²) in [5.74, 6) is -0.373. The third kappa shape index (κ3) is 5.66. The van der Waals surface area contributed by atoms with Crippen molar-refractivity contribution >= 4 is 23.2 Å². The molecule has 35 heavy (non-hydrogen) atoms. The number of nitrogens with zero attached hydrogens (tertiary/aromatic N) is 1. The molecule has 10 heteroatoms. The van der Waals surface area contributed by atoms with Crippen molar-refractivity contribution < 1.29 is 27.8 Å². The van der Waals surface area contributed by atoms with Gasteiger partial charge in [0.1, 0.15) is 29.5 Å². The van der Waals surface area contributed by atoms with E-state index in [0.717, 1.165) is 17.5 Å². The number of alkyl halides is 3. The van der Waals surface area contributed by atoms with Crippen LogP contribution in [-0.2, 0) is 19.2 Å². The van der Waals surface area contributed by atoms with Crippen LogP contribution in [0.4, 0.5) is 13.2 Å². The minimum Gasteiger partial charge on any atom is -0.507 e. The molecule has 4 rings (SSSR count). The van der Waals surface area contributed by atoms with E-state index in [1.54, 1.807) is 42.5 Å². The van der Waals surface area contributed by atoms with Crippen LogP contribution < -0.4 is 9.47 Å². The van der Waals surface area contributed by atoms with Crippen molar-refractivity contribution in [3.63, 3.8) is 0 Å². The molecule has 0 saturated carbocycles. The Balaban J connectivity index is 1.62. The van der Waals surface area contributed by atoms with Gasteiger partial charge in [-0.15, -0.1) is 0 Å². The molecule has 5 nitrogen and oxygen atoms in total. The van der Waals surface area contributed by atoms with Crippen molar-refractivity contribution in [2.45, 2.75) is 26.1 Å². The van der Waals surface area contributed by atoms with Crippen LogP contribution in [0.15, 0.2) is 60.7 Å². The molecule has 0 aliphatic heterocycles. The third-order valence-corrected chi connectivity index (χ3v) is 5.91. The number of aromatic nitrogens is 2. The number of aryl methyl sites for hydroxylation is 1. The lowest BCUT2D eigenvalue weighted by atomic mass is 10.1. The SMILES string of the molecule is CCc1ccc(Oc2c(-c3ccc(OCc4ccc(Cl)c(Cl)c4)cc3O)n[nH]c2C(F)(F)F)cc1. The summed E-state index contributed by atoms with van der Waals surface area (Å²) < 4.78 is 52.1. The Hall–Kier alpha value is -3.36. The second-order valence-corrected chi connectivity index (χ2v) is 8.40. The number of ether oxygens (including phenoxy) is 2. The molecule has 0 amide bonds. The highest BCUT2D eigenvalue weighted by Gasteiger charge is 2.39. The summed E-state index contributed by atoms with van der Waals surface area (Å²) in [6.45, 7) is 2.10. The number of nitrogens with one attached hydrogen (secondary N) is 1. The number of phenols is 1. The maximum Gasteiger partial charge on any atom is 0.436 e. The lowest BCUT2D eigenvalue weighted by Crippen LogP contribution is -2.07. The van der Waals surface area contributed by atoms with Gasteiger partial charge in [-0.2, -0.15) is 18.3 Å². The lowest BCUT2D eigenvalue weighted by molar-refractivity contribution is -0.142. The molecule has 0 aliphatic carbocycles. The fraction of sp³-hybridized carbons (Fsp3) is 0.160. The number of benzene rings is 3. The minimum absolute atomic E-state index is 0.0406. The molecule has 0 radical (unpaired) electrons. The van der Waals surface area contributed by atoms with Crippen LogP contribution in [0.25, 0.3) is 11.3 Å². The molecule has 2 N–H and O–H groups in total. The standard InChI is InChI=1S/C25H19Cl2F3N2O3/c1-2-14-3-6-16(7-4-14)35-23-22(31-32-24(23)25(28,29)30)18-9-8-17(12-21(18)33)34-13-15-5-10-19(26)20(27)11-15/h3-12,33H,2,13H2,1H3,(H,31,32). The molecule has 1 heterocycles. The van der Waals surface area contributed by atoms with Crippen LogP contribution in [-0.4, -0.2) is 15.3 Å². The summed E-state index contributed by atoms with van der Waals surface area (Å²) in [4.78, 5) is 0. The Kier molecular flexibility index (Phi) is 7.14. The van der Waals surface area contributed by atoms with Gasteiger partial charge in [-0.25, -0.2) is 0 Å². The van der Waals surface area contributed by atoms with Crippen LogP contribution in [0.2, 0.25) is 10.0 Å². The van der Waals surface area contributed by atoms with Gasteiger partial charge in [0.05, 0.1) is 10.0 Å². The first-order chi connectivity index (χ1) is 16.7. The molecular weight excluding hydrogens is 504 g/mol. The zero-order chi connectivity index (χ0) is 25.2. The van der Waals surface area contributed by atoms with E-state index in [4.69, 9.17) is 32.7 Å². The van der Waals surface area contributed by atoms with Gasteiger partial charge in [-0.05, 0) is 53.9 Å². The van der Waals surface area contributed by atoms with E-state index in [1.165, 1.54) is 18.2 Å². The quantitative estimate of drug-likeness (QED) is 0.257. The van der Waals surface area contributed by atoms with Crippen LogP contribution in [0.3, 0.4) is 0 Å². The second kappa shape index (κ2) is 10.1. The highest BCUT2D eigenvalue weighted by molar-refractivity contribution is 6.42. The van der Waals surface area contributed by atoms with Gasteiger partial charge >= 0.3 is 6.18 Å². The number of hydrogen-bond acceptors (Lipinski definition) is 4. The van der Waals surface area contributed by atoms with Crippen molar-refractivity contribution in [3.05, 3.63) is 87.5 Å². The minimum atomic E-state index is -4.75. The number of hydrogen-bond donors (Lipinski definition) is 2. The van der Waals surface area contributed by atoms with Crippen LogP contribution in [0.5, 0.6) is 23.0 Å². The first-order valence-corrected chi connectivity index (χ1v) is 11.2. The Bertz CT molecular complexity index is 1340. The highest BCUT2D eigenvalue weighted by atomic mass is 35.5. The van der Waals surface area contributed by atoms with Crippen LogP contribution >= 0.6 is 23.2 Å². The summed E-state index contributed by atoms with van der Waals surface area (Å²) in [6.07, 6.45) is -3.97. The third-order valence-electron chi connectivity index (χ3n) is 5.17. The molecule has 182 valence electrons. The van der Waals surface area contributed by atoms with E-state index in [9.17, 15) is 18.3 Å². The molecular formula is C25H19Cl2F3N2O3. The molecule has 0 saturated heterocycles. The summed E-state index contributed by atoms with van der Waals surface area (Å²) in [6, 6.07) is 15.9. The van der Waals surface area contributed by atoms with E-state index < -0.39 is 17.6 Å². The van der Waals surface area contributed by atoms with E-state index in [0.29, 0.717) is 15.8 Å². The molecule has 0 fully saturated rings. The monoisotopic (exact) mass is 522 g/mol. The van der Waals surface area contributed by atoms with E-state index >= 15 is 0 Å². The molecule has 1 aromatic heterocycles. The average molecular weight is 523 g/mol. The fourth-order valence-electron chi connectivity index (χ4n) is 3.31. The highest BCUT2D eigenvalue weighted by Crippen LogP contribution is 2.45. The van der Waals surface area contributed by atoms with Crippen molar-refractivity contribution in [2.24, 2.45) is 0 Å². The Morgan fingerprint density at radius 2 is 1.60 bits per heavy atom. The summed E-state index contributed by atoms with van der Waals surface area (Å²) in [7, 11) is 0. The van der Waals surface area contributed by atoms with E-state index in [2.05, 4.69) is 5.10 Å². The molecule has 0 bridgehead atoms. The maximum atomic E-state index is 13.6. The Morgan fingerprint density at radius 3 is 2.23 bits per heavy atom. The van der Waals surface area contributed by atoms with E-state index in [1.807, 2.05) is 12.0 Å². The van der Waals surface area contributed by atoms with Crippen molar-refractivity contribution in [1.82, 2.24) is 10.2 Å². The van der Waals surface area contributed by atoms with Gasteiger partial charge in [0, 0.05) is 11.6 Å². The number of aromatic amines is 1. The van der Waals surface area contributed by atoms with Crippen molar-refractivity contribution in [2.75, 3.05) is 0 Å². The zero-order valence-corrected chi connectivity index (χ0v) is 19.8. The van der Waals surface area contributed by atoms with Crippen molar-refractivity contribution in [3.8, 4) is 34.3 Å². The first-order valence-electron chi connectivity index (χ1n) is 10.5. The smallest absolute Gasteiger partial charge is 0.436 e. The van der Waals surface area contributed by atoms with Gasteiger partial charge in [0.25, 0.3) is 0 Å². The summed E-state index contributed by atoms with van der Waals surface area (Å²) in [5, 5.41) is 17.1. The maximum absolute atomic E-state index is 13.6. The Labute approximate surface area is 209 Å². The number of rotatable bonds is 7. The molecule has 3 aromatic carbocycles. The molecule has 0 aliphatic rings. The zero-order valence-electron chi connectivity index (χ0n) is 18.3. The normalized spacial score (nSPS) is 11.5. The second-order valence-electron chi connectivity index (χ2n) is 7.59. The predicted octanol–water partition coefficient (Wildman–Crippen LogP) is 8.04. The fourth-order valence-corrected chi connectivity index (χ4v) is 3.64. The van der Waals surface area contributed by atoms with Gasteiger partial charge in [-0.3, -0.25) is 5.10 Å². The molecule has 4 aromatic rings. The largest absolute Gasteiger partial charge is 0.507 e. The number of H-pyrrole nitrogens is 1. The van der Waals surface area contributed by atoms with Gasteiger partial charge in [-0.1, -0.05) is 48.3 Å². The molecule has 0 spiro atoms. The number of aromatic hydroxyl groups is 1.